The predicted octanol–water partition coefficient (Wildman–Crippen LogP) is 5.41. The summed E-state index contributed by atoms with van der Waals surface area (Å²) in [6.07, 6.45) is 14.1. The SMILES string of the molecule is CCC1=C(CC)C2/C=C3\N=C(C=Nc4cc(OCCOCCOCCOC)c(OCCOCCOCCOC)cc4N=C/C=c4\[nH]/c(c(CCCO)c4C)=C\C1=N2)C(C)=C3CCCO. The molecule has 1 aromatic carbocycles. The van der Waals surface area contributed by atoms with Crippen LogP contribution < -0.4 is 20.2 Å². The van der Waals surface area contributed by atoms with Crippen molar-refractivity contribution in [3.8, 4) is 11.5 Å². The number of aromatic amines is 1. The Morgan fingerprint density at radius 2 is 1.23 bits per heavy atom. The van der Waals surface area contributed by atoms with Crippen LogP contribution in [0.25, 0.3) is 12.2 Å². The zero-order valence-electron chi connectivity index (χ0n) is 38.7. The number of hydrogen-bond donors (Lipinski definition) is 3. The smallest absolute Gasteiger partial charge is 0.163 e. The summed E-state index contributed by atoms with van der Waals surface area (Å²) in [5.74, 6) is 0.947. The number of fused-ring (bicyclic) bond motifs is 5. The number of allylic oxidation sites excluding steroid dienone is 3. The second-order valence-corrected chi connectivity index (χ2v) is 15.3. The molecule has 350 valence electrons. The molecule has 0 radical (unpaired) electrons. The molecule has 5 rings (SSSR count). The molecular formula is C49H69N5O10. The number of H-pyrrole nitrogens is 1. The normalized spacial score (nSPS) is 17.9. The fourth-order valence-electron chi connectivity index (χ4n) is 7.68. The number of nitrogens with zero attached hydrogens (tertiary/aromatic N) is 4. The van der Waals surface area contributed by atoms with E-state index in [1.165, 1.54) is 11.1 Å². The van der Waals surface area contributed by atoms with Gasteiger partial charge in [0.15, 0.2) is 11.5 Å². The molecule has 4 heterocycles. The molecule has 0 saturated carbocycles. The lowest BCUT2D eigenvalue weighted by Gasteiger charge is -2.15. The molecule has 0 saturated heterocycles. The van der Waals surface area contributed by atoms with Gasteiger partial charge in [0.05, 0.1) is 107 Å². The highest BCUT2D eigenvalue weighted by atomic mass is 16.6. The predicted molar refractivity (Wildman–Crippen MR) is 253 cm³/mol. The summed E-state index contributed by atoms with van der Waals surface area (Å²) in [5, 5.41) is 21.6. The van der Waals surface area contributed by atoms with E-state index in [-0.39, 0.29) is 32.5 Å². The van der Waals surface area contributed by atoms with Crippen LogP contribution in [0.3, 0.4) is 0 Å². The van der Waals surface area contributed by atoms with Crippen molar-refractivity contribution < 1.29 is 48.1 Å². The molecule has 15 heteroatoms. The highest BCUT2D eigenvalue weighted by Gasteiger charge is 2.27. The summed E-state index contributed by atoms with van der Waals surface area (Å²) in [6.45, 7) is 13.6. The largest absolute Gasteiger partial charge is 0.487 e. The van der Waals surface area contributed by atoms with Gasteiger partial charge in [-0.15, -0.1) is 0 Å². The average molecular weight is 888 g/mol. The summed E-state index contributed by atoms with van der Waals surface area (Å²) in [7, 11) is 3.28. The summed E-state index contributed by atoms with van der Waals surface area (Å²) < 4.78 is 45.3. The summed E-state index contributed by atoms with van der Waals surface area (Å²) in [5.41, 5.74) is 10.4. The first-order chi connectivity index (χ1) is 31.4. The molecule has 0 aliphatic carbocycles. The quantitative estimate of drug-likeness (QED) is 0.0936. The van der Waals surface area contributed by atoms with Crippen LogP contribution in [0, 0.1) is 6.92 Å². The second-order valence-electron chi connectivity index (χ2n) is 15.3. The van der Waals surface area contributed by atoms with Crippen LogP contribution in [-0.2, 0) is 34.8 Å². The van der Waals surface area contributed by atoms with Gasteiger partial charge in [0.1, 0.15) is 13.2 Å². The van der Waals surface area contributed by atoms with E-state index in [1.807, 2.05) is 18.2 Å². The van der Waals surface area contributed by atoms with Crippen LogP contribution in [-0.4, -0.2) is 152 Å². The zero-order chi connectivity index (χ0) is 45.5. The molecule has 2 aromatic rings. The lowest BCUT2D eigenvalue weighted by atomic mass is 9.95. The minimum atomic E-state index is -0.183. The Bertz CT molecular complexity index is 2170. The Hall–Kier alpha value is -4.58. The molecule has 0 spiro atoms. The van der Waals surface area contributed by atoms with Gasteiger partial charge in [-0.25, -0.2) is 4.99 Å². The second kappa shape index (κ2) is 27.7. The van der Waals surface area contributed by atoms with Gasteiger partial charge in [0.2, 0.25) is 0 Å². The van der Waals surface area contributed by atoms with Crippen molar-refractivity contribution in [2.45, 2.75) is 72.3 Å². The van der Waals surface area contributed by atoms with Gasteiger partial charge >= 0.3 is 0 Å². The molecular weight excluding hydrogens is 819 g/mol. The van der Waals surface area contributed by atoms with Crippen molar-refractivity contribution in [3.05, 3.63) is 68.0 Å². The van der Waals surface area contributed by atoms with E-state index in [9.17, 15) is 10.2 Å². The summed E-state index contributed by atoms with van der Waals surface area (Å²) in [6, 6.07) is 3.47. The van der Waals surface area contributed by atoms with Crippen LogP contribution in [0.15, 0.2) is 66.2 Å². The van der Waals surface area contributed by atoms with Gasteiger partial charge in [-0.1, -0.05) is 13.8 Å². The maximum absolute atomic E-state index is 9.88. The van der Waals surface area contributed by atoms with Crippen molar-refractivity contribution in [1.29, 1.82) is 0 Å². The Kier molecular flexibility index (Phi) is 21.8. The molecule has 0 fully saturated rings. The molecule has 3 aliphatic rings. The number of ether oxygens (including phenoxy) is 8. The van der Waals surface area contributed by atoms with E-state index >= 15 is 0 Å². The topological polar surface area (TPSA) is 180 Å². The maximum atomic E-state index is 9.88. The molecule has 0 amide bonds. The number of nitrogens with one attached hydrogen (secondary N) is 1. The number of aliphatic hydroxyl groups excluding tert-OH is 2. The van der Waals surface area contributed by atoms with Crippen LogP contribution in [0.1, 0.15) is 64.0 Å². The number of aliphatic hydroxyl groups is 2. The van der Waals surface area contributed by atoms with E-state index in [2.05, 4.69) is 44.8 Å². The lowest BCUT2D eigenvalue weighted by Crippen LogP contribution is -2.15. The van der Waals surface area contributed by atoms with Gasteiger partial charge in [0.25, 0.3) is 0 Å². The van der Waals surface area contributed by atoms with Crippen LogP contribution in [0.5, 0.6) is 11.5 Å². The van der Waals surface area contributed by atoms with Crippen molar-refractivity contribution >= 4 is 47.4 Å². The van der Waals surface area contributed by atoms with Crippen LogP contribution in [0.4, 0.5) is 11.4 Å². The van der Waals surface area contributed by atoms with Crippen molar-refractivity contribution in [1.82, 2.24) is 4.98 Å². The third-order valence-electron chi connectivity index (χ3n) is 11.1. The van der Waals surface area contributed by atoms with E-state index in [4.69, 9.17) is 57.9 Å². The number of aliphatic imine (C=N–C) groups is 4. The first-order valence-electron chi connectivity index (χ1n) is 22.6. The van der Waals surface area contributed by atoms with Gasteiger partial charge < -0.3 is 53.1 Å². The van der Waals surface area contributed by atoms with Gasteiger partial charge in [-0.05, 0) is 104 Å². The molecule has 3 N–H and O–H groups in total. The third-order valence-corrected chi connectivity index (χ3v) is 11.1. The standard InChI is InChI=1S/C49H69N5O10/c1-7-36-37(8-2)42-30-44-39(12-10-16-56)35(4)47(54-44)33-51-46-32-49(64-28-26-62-24-22-60-20-18-58-6)48(63-27-25-61-23-21-59-19-17-57-5)31-45(46)50-14-13-40-34(3)38(11-9-15-55)43(52-40)29-41(36)53-42/h13-14,29-33,42,52,55-56H,7-12,15-28H2,1-6H3/b40-13-,43-29-,44-30-,50-14?,51-33?. The highest BCUT2D eigenvalue weighted by Crippen LogP contribution is 2.41. The zero-order valence-corrected chi connectivity index (χ0v) is 38.7. The monoisotopic (exact) mass is 888 g/mol. The Balaban J connectivity index is 1.57. The number of methoxy groups -OCH3 is 2. The molecule has 6 bridgehead atoms. The molecule has 64 heavy (non-hydrogen) atoms. The highest BCUT2D eigenvalue weighted by molar-refractivity contribution is 6.40. The van der Waals surface area contributed by atoms with E-state index in [0.717, 1.165) is 62.9 Å². The summed E-state index contributed by atoms with van der Waals surface area (Å²) >= 11 is 0. The number of rotatable bonds is 28. The van der Waals surface area contributed by atoms with E-state index < -0.39 is 0 Å². The van der Waals surface area contributed by atoms with Crippen molar-refractivity contribution in [2.24, 2.45) is 20.0 Å². The maximum Gasteiger partial charge on any atom is 0.163 e. The average Bonchev–Trinajstić information content (AvgIpc) is 3.90. The fraction of sp³-hybridized carbons (Fsp3) is 0.551. The minimum absolute atomic E-state index is 0.0721. The molecule has 1 unspecified atom stereocenters. The minimum Gasteiger partial charge on any atom is -0.487 e. The van der Waals surface area contributed by atoms with Crippen LogP contribution >= 0.6 is 0 Å². The first kappa shape index (κ1) is 50.4. The summed E-state index contributed by atoms with van der Waals surface area (Å²) in [4.78, 5) is 24.1. The number of hydrogen-bond acceptors (Lipinski definition) is 14. The van der Waals surface area contributed by atoms with Crippen LogP contribution in [0.2, 0.25) is 0 Å². The van der Waals surface area contributed by atoms with Crippen molar-refractivity contribution in [3.63, 3.8) is 0 Å². The van der Waals surface area contributed by atoms with Gasteiger partial charge in [-0.3, -0.25) is 15.0 Å². The molecule has 1 aromatic heterocycles. The third kappa shape index (κ3) is 14.5. The van der Waals surface area contributed by atoms with Gasteiger partial charge in [0, 0.05) is 56.5 Å². The lowest BCUT2D eigenvalue weighted by molar-refractivity contribution is 0.0160. The number of benzene rings is 1. The van der Waals surface area contributed by atoms with E-state index in [0.29, 0.717) is 115 Å². The first-order valence-corrected chi connectivity index (χ1v) is 22.6. The molecule has 1 atom stereocenters. The van der Waals surface area contributed by atoms with Crippen molar-refractivity contribution in [2.75, 3.05) is 107 Å². The molecule has 15 nitrogen and oxygen atoms in total. The Morgan fingerprint density at radius 3 is 1.81 bits per heavy atom. The van der Waals surface area contributed by atoms with E-state index in [1.54, 1.807) is 26.6 Å². The van der Waals surface area contributed by atoms with Gasteiger partial charge in [-0.2, -0.15) is 0 Å². The molecule has 3 aliphatic heterocycles. The Labute approximate surface area is 378 Å². The Morgan fingerprint density at radius 1 is 0.656 bits per heavy atom. The number of aromatic nitrogens is 1. The fourth-order valence-corrected chi connectivity index (χ4v) is 7.68.